The average Bonchev–Trinajstić information content (AvgIpc) is 3.19. The first-order chi connectivity index (χ1) is 9.11. The zero-order valence-electron chi connectivity index (χ0n) is 10.5. The van der Waals surface area contributed by atoms with Crippen molar-refractivity contribution in [3.8, 4) is 0 Å². The van der Waals surface area contributed by atoms with Gasteiger partial charge in [0.15, 0.2) is 0 Å². The standard InChI is InChI=1S/C14H13NO4/c1-19-14(18)9-4-2-8(3-5-9)7-15-12(16)10-6-11(10)13(15)17/h2-5,10-11H,6-7H2,1H3. The van der Waals surface area contributed by atoms with Crippen molar-refractivity contribution < 1.29 is 19.1 Å². The molecule has 1 saturated heterocycles. The molecular weight excluding hydrogens is 246 g/mol. The van der Waals surface area contributed by atoms with Crippen LogP contribution in [0.2, 0.25) is 0 Å². The number of hydrogen-bond acceptors (Lipinski definition) is 4. The smallest absolute Gasteiger partial charge is 0.337 e. The van der Waals surface area contributed by atoms with Crippen molar-refractivity contribution in [3.05, 3.63) is 35.4 Å². The van der Waals surface area contributed by atoms with Crippen molar-refractivity contribution in [1.29, 1.82) is 0 Å². The molecule has 0 aromatic heterocycles. The summed E-state index contributed by atoms with van der Waals surface area (Å²) in [5.41, 5.74) is 1.28. The number of ether oxygens (including phenoxy) is 1. The van der Waals surface area contributed by atoms with Crippen molar-refractivity contribution in [2.75, 3.05) is 7.11 Å². The lowest BCUT2D eigenvalue weighted by atomic mass is 10.1. The maximum atomic E-state index is 11.8. The Morgan fingerprint density at radius 1 is 1.21 bits per heavy atom. The van der Waals surface area contributed by atoms with Crippen LogP contribution in [-0.4, -0.2) is 29.8 Å². The summed E-state index contributed by atoms with van der Waals surface area (Å²) in [6.45, 7) is 0.284. The summed E-state index contributed by atoms with van der Waals surface area (Å²) in [5, 5.41) is 0. The van der Waals surface area contributed by atoms with Gasteiger partial charge >= 0.3 is 5.97 Å². The minimum Gasteiger partial charge on any atom is -0.465 e. The molecule has 2 unspecified atom stereocenters. The second-order valence-electron chi connectivity index (χ2n) is 4.90. The van der Waals surface area contributed by atoms with Gasteiger partial charge in [0, 0.05) is 0 Å². The number of imide groups is 1. The molecule has 0 N–H and O–H groups in total. The Bertz CT molecular complexity index is 543. The number of rotatable bonds is 3. The zero-order valence-corrected chi connectivity index (χ0v) is 10.5. The fraction of sp³-hybridized carbons (Fsp3) is 0.357. The van der Waals surface area contributed by atoms with Crippen LogP contribution in [0.15, 0.2) is 24.3 Å². The molecule has 5 nitrogen and oxygen atoms in total. The minimum atomic E-state index is -0.402. The molecule has 98 valence electrons. The van der Waals surface area contributed by atoms with Gasteiger partial charge in [0.25, 0.3) is 0 Å². The number of carbonyl (C=O) groups is 3. The number of carbonyl (C=O) groups excluding carboxylic acids is 3. The van der Waals surface area contributed by atoms with Crippen LogP contribution >= 0.6 is 0 Å². The minimum absolute atomic E-state index is 0.0629. The lowest BCUT2D eigenvalue weighted by Gasteiger charge is -2.16. The Labute approximate surface area is 110 Å². The van der Waals surface area contributed by atoms with Crippen molar-refractivity contribution in [3.63, 3.8) is 0 Å². The molecule has 0 bridgehead atoms. The lowest BCUT2D eigenvalue weighted by molar-refractivity contribution is -0.142. The van der Waals surface area contributed by atoms with E-state index in [0.717, 1.165) is 12.0 Å². The van der Waals surface area contributed by atoms with Crippen LogP contribution in [0, 0.1) is 11.8 Å². The number of likely N-dealkylation sites (tertiary alicyclic amines) is 1. The van der Waals surface area contributed by atoms with Crippen LogP contribution in [0.25, 0.3) is 0 Å². The molecule has 2 fully saturated rings. The quantitative estimate of drug-likeness (QED) is 0.599. The Kier molecular flexibility index (Phi) is 2.62. The highest BCUT2D eigenvalue weighted by molar-refractivity contribution is 6.08. The summed E-state index contributed by atoms with van der Waals surface area (Å²) < 4.78 is 4.61. The van der Waals surface area contributed by atoms with E-state index in [1.165, 1.54) is 12.0 Å². The van der Waals surface area contributed by atoms with Crippen LogP contribution in [0.3, 0.4) is 0 Å². The third-order valence-corrected chi connectivity index (χ3v) is 3.67. The van der Waals surface area contributed by atoms with Crippen LogP contribution in [0.4, 0.5) is 0 Å². The van der Waals surface area contributed by atoms with E-state index in [1.807, 2.05) is 0 Å². The summed E-state index contributed by atoms with van der Waals surface area (Å²) in [5.74, 6) is -0.663. The maximum absolute atomic E-state index is 11.8. The molecule has 1 heterocycles. The van der Waals surface area contributed by atoms with Gasteiger partial charge in [0.05, 0.1) is 31.1 Å². The zero-order chi connectivity index (χ0) is 13.6. The first-order valence-corrected chi connectivity index (χ1v) is 6.14. The Balaban J connectivity index is 1.72. The number of hydrogen-bond donors (Lipinski definition) is 0. The fourth-order valence-corrected chi connectivity index (χ4v) is 2.45. The van der Waals surface area contributed by atoms with Crippen molar-refractivity contribution in [2.45, 2.75) is 13.0 Å². The number of nitrogens with zero attached hydrogens (tertiary/aromatic N) is 1. The van der Waals surface area contributed by atoms with E-state index in [1.54, 1.807) is 24.3 Å². The highest BCUT2D eigenvalue weighted by Gasteiger charge is 2.58. The SMILES string of the molecule is COC(=O)c1ccc(CN2C(=O)C3CC3C2=O)cc1. The molecular formula is C14H13NO4. The van der Waals surface area contributed by atoms with Crippen molar-refractivity contribution in [1.82, 2.24) is 4.90 Å². The summed E-state index contributed by atoms with van der Waals surface area (Å²) in [4.78, 5) is 36.2. The monoisotopic (exact) mass is 259 g/mol. The molecule has 0 radical (unpaired) electrons. The molecule has 2 aliphatic rings. The Hall–Kier alpha value is -2.17. The van der Waals surface area contributed by atoms with Crippen LogP contribution in [0.1, 0.15) is 22.3 Å². The van der Waals surface area contributed by atoms with Crippen LogP contribution < -0.4 is 0 Å². The maximum Gasteiger partial charge on any atom is 0.337 e. The van der Waals surface area contributed by atoms with Gasteiger partial charge in [-0.1, -0.05) is 12.1 Å². The molecule has 3 rings (SSSR count). The summed E-state index contributed by atoms with van der Waals surface area (Å²) in [6, 6.07) is 6.73. The van der Waals surface area contributed by atoms with E-state index in [4.69, 9.17) is 0 Å². The molecule has 19 heavy (non-hydrogen) atoms. The molecule has 1 aliphatic heterocycles. The van der Waals surface area contributed by atoms with Gasteiger partial charge < -0.3 is 4.74 Å². The van der Waals surface area contributed by atoms with Crippen LogP contribution in [0.5, 0.6) is 0 Å². The number of methoxy groups -OCH3 is 1. The third kappa shape index (κ3) is 1.91. The van der Waals surface area contributed by atoms with E-state index in [-0.39, 0.29) is 30.2 Å². The average molecular weight is 259 g/mol. The highest BCUT2D eigenvalue weighted by Crippen LogP contribution is 2.47. The first-order valence-electron chi connectivity index (χ1n) is 6.14. The molecule has 5 heteroatoms. The van der Waals surface area contributed by atoms with Gasteiger partial charge in [-0.3, -0.25) is 14.5 Å². The fourth-order valence-electron chi connectivity index (χ4n) is 2.45. The van der Waals surface area contributed by atoms with E-state index in [2.05, 4.69) is 4.74 Å². The van der Waals surface area contributed by atoms with Gasteiger partial charge in [0.1, 0.15) is 0 Å². The molecule has 1 aromatic rings. The van der Waals surface area contributed by atoms with Gasteiger partial charge in [-0.05, 0) is 24.1 Å². The van der Waals surface area contributed by atoms with Crippen molar-refractivity contribution in [2.24, 2.45) is 11.8 Å². The third-order valence-electron chi connectivity index (χ3n) is 3.67. The number of esters is 1. The molecule has 1 aliphatic carbocycles. The first kappa shape index (κ1) is 11.9. The number of fused-ring (bicyclic) bond motifs is 1. The summed E-state index contributed by atoms with van der Waals surface area (Å²) >= 11 is 0. The molecule has 2 atom stereocenters. The number of piperidine rings is 1. The van der Waals surface area contributed by atoms with Gasteiger partial charge in [-0.15, -0.1) is 0 Å². The molecule has 2 amide bonds. The Morgan fingerprint density at radius 2 is 1.79 bits per heavy atom. The van der Waals surface area contributed by atoms with E-state index in [9.17, 15) is 14.4 Å². The topological polar surface area (TPSA) is 63.7 Å². The highest BCUT2D eigenvalue weighted by atomic mass is 16.5. The van der Waals surface area contributed by atoms with E-state index < -0.39 is 5.97 Å². The van der Waals surface area contributed by atoms with Gasteiger partial charge in [0.2, 0.25) is 11.8 Å². The van der Waals surface area contributed by atoms with E-state index in [0.29, 0.717) is 5.56 Å². The lowest BCUT2D eigenvalue weighted by Crippen LogP contribution is -2.32. The largest absolute Gasteiger partial charge is 0.465 e. The molecule has 1 saturated carbocycles. The normalized spacial score (nSPS) is 24.4. The van der Waals surface area contributed by atoms with Crippen LogP contribution in [-0.2, 0) is 20.9 Å². The predicted molar refractivity (Wildman–Crippen MR) is 64.9 cm³/mol. The number of benzene rings is 1. The van der Waals surface area contributed by atoms with E-state index >= 15 is 0 Å². The molecule has 0 spiro atoms. The van der Waals surface area contributed by atoms with Gasteiger partial charge in [-0.25, -0.2) is 4.79 Å². The predicted octanol–water partition coefficient (Wildman–Crippen LogP) is 0.978. The molecule has 1 aromatic carbocycles. The Morgan fingerprint density at radius 3 is 2.32 bits per heavy atom. The number of amides is 2. The second kappa shape index (κ2) is 4.19. The second-order valence-corrected chi connectivity index (χ2v) is 4.90. The van der Waals surface area contributed by atoms with Gasteiger partial charge in [-0.2, -0.15) is 0 Å². The summed E-state index contributed by atoms with van der Waals surface area (Å²) in [7, 11) is 1.32. The summed E-state index contributed by atoms with van der Waals surface area (Å²) in [6.07, 6.45) is 0.718. The van der Waals surface area contributed by atoms with Crippen molar-refractivity contribution >= 4 is 17.8 Å².